The van der Waals surface area contributed by atoms with E-state index in [2.05, 4.69) is 0 Å². The Morgan fingerprint density at radius 1 is 1.62 bits per heavy atom. The van der Waals surface area contributed by atoms with Gasteiger partial charge in [0.05, 0.1) is 12.7 Å². The largest absolute Gasteiger partial charge is 0.461 e. The predicted molar refractivity (Wildman–Crippen MR) is 62.6 cm³/mol. The molecule has 1 heterocycles. The lowest BCUT2D eigenvalue weighted by molar-refractivity contribution is 0.0500. The molecule has 1 aliphatic carbocycles. The minimum Gasteiger partial charge on any atom is -0.461 e. The van der Waals surface area contributed by atoms with Gasteiger partial charge >= 0.3 is 5.97 Å². The summed E-state index contributed by atoms with van der Waals surface area (Å²) in [5.41, 5.74) is 0. The van der Waals surface area contributed by atoms with Gasteiger partial charge in [0.2, 0.25) is 0 Å². The molecule has 1 aromatic rings. The summed E-state index contributed by atoms with van der Waals surface area (Å²) in [4.78, 5) is 13.0. The molecule has 1 fully saturated rings. The van der Waals surface area contributed by atoms with E-state index in [1.54, 1.807) is 19.1 Å². The molecular weight excluding hydrogens is 224 g/mol. The van der Waals surface area contributed by atoms with Crippen molar-refractivity contribution in [1.82, 2.24) is 0 Å². The van der Waals surface area contributed by atoms with Crippen LogP contribution in [0.25, 0.3) is 0 Å². The summed E-state index contributed by atoms with van der Waals surface area (Å²) in [6.45, 7) is 2.21. The van der Waals surface area contributed by atoms with Crippen molar-refractivity contribution in [2.75, 3.05) is 6.61 Å². The number of rotatable bonds is 5. The molecule has 1 aromatic heterocycles. The van der Waals surface area contributed by atoms with Crippen LogP contribution >= 0.6 is 11.3 Å². The van der Waals surface area contributed by atoms with Crippen molar-refractivity contribution < 1.29 is 14.6 Å². The Morgan fingerprint density at radius 3 is 2.94 bits per heavy atom. The molecule has 1 atom stereocenters. The summed E-state index contributed by atoms with van der Waals surface area (Å²) in [6.07, 6.45) is 3.03. The standard InChI is InChI=1S/C12H16O3S/c1-8(13)10-4-5-11(16-10)12(14)15-7-6-9-2-3-9/h4-5,8-9,13H,2-3,6-7H2,1H3. The quantitative estimate of drug-likeness (QED) is 0.805. The lowest BCUT2D eigenvalue weighted by Crippen LogP contribution is -2.04. The Bertz CT molecular complexity index is 366. The first-order chi connectivity index (χ1) is 7.66. The minimum absolute atomic E-state index is 0.266. The number of hydrogen-bond acceptors (Lipinski definition) is 4. The Balaban J connectivity index is 1.82. The van der Waals surface area contributed by atoms with Crippen LogP contribution in [0.2, 0.25) is 0 Å². The van der Waals surface area contributed by atoms with E-state index in [4.69, 9.17) is 4.74 Å². The van der Waals surface area contributed by atoms with Gasteiger partial charge in [-0.15, -0.1) is 11.3 Å². The average Bonchev–Trinajstić information content (AvgIpc) is 2.93. The Hall–Kier alpha value is -0.870. The lowest BCUT2D eigenvalue weighted by Gasteiger charge is -2.01. The number of carbonyl (C=O) groups excluding carboxylic acids is 1. The van der Waals surface area contributed by atoms with Gasteiger partial charge in [0, 0.05) is 4.88 Å². The van der Waals surface area contributed by atoms with Crippen LogP contribution in [0.5, 0.6) is 0 Å². The molecule has 16 heavy (non-hydrogen) atoms. The summed E-state index contributed by atoms with van der Waals surface area (Å²) >= 11 is 1.30. The molecule has 0 amide bonds. The highest BCUT2D eigenvalue weighted by Crippen LogP contribution is 2.32. The van der Waals surface area contributed by atoms with Gasteiger partial charge in [-0.3, -0.25) is 0 Å². The van der Waals surface area contributed by atoms with Gasteiger partial charge in [-0.25, -0.2) is 4.79 Å². The molecule has 0 bridgehead atoms. The summed E-state index contributed by atoms with van der Waals surface area (Å²) in [5, 5.41) is 9.33. The van der Waals surface area contributed by atoms with Crippen molar-refractivity contribution in [2.24, 2.45) is 5.92 Å². The van der Waals surface area contributed by atoms with Crippen LogP contribution in [-0.2, 0) is 4.74 Å². The van der Waals surface area contributed by atoms with E-state index in [0.29, 0.717) is 11.5 Å². The molecule has 88 valence electrons. The number of carbonyl (C=O) groups is 1. The zero-order valence-electron chi connectivity index (χ0n) is 9.31. The van der Waals surface area contributed by atoms with Gasteiger partial charge < -0.3 is 9.84 Å². The number of esters is 1. The molecule has 0 spiro atoms. The topological polar surface area (TPSA) is 46.5 Å². The van der Waals surface area contributed by atoms with E-state index in [-0.39, 0.29) is 5.97 Å². The van der Waals surface area contributed by atoms with Gasteiger partial charge in [0.15, 0.2) is 0 Å². The third-order valence-electron chi connectivity index (χ3n) is 2.70. The zero-order chi connectivity index (χ0) is 11.5. The number of hydrogen-bond donors (Lipinski definition) is 1. The molecule has 0 aromatic carbocycles. The molecule has 1 N–H and O–H groups in total. The summed E-state index contributed by atoms with van der Waals surface area (Å²) in [7, 11) is 0. The molecule has 0 saturated heterocycles. The van der Waals surface area contributed by atoms with Crippen LogP contribution in [0.15, 0.2) is 12.1 Å². The maximum absolute atomic E-state index is 11.6. The van der Waals surface area contributed by atoms with E-state index in [1.807, 2.05) is 0 Å². The van der Waals surface area contributed by atoms with Crippen LogP contribution in [0, 0.1) is 5.92 Å². The van der Waals surface area contributed by atoms with E-state index in [9.17, 15) is 9.90 Å². The Kier molecular flexibility index (Phi) is 3.61. The van der Waals surface area contributed by atoms with Gasteiger partial charge in [0.25, 0.3) is 0 Å². The van der Waals surface area contributed by atoms with Gasteiger partial charge in [-0.1, -0.05) is 12.8 Å². The highest BCUT2D eigenvalue weighted by atomic mass is 32.1. The van der Waals surface area contributed by atoms with Crippen LogP contribution in [-0.4, -0.2) is 17.7 Å². The second-order valence-electron chi connectivity index (χ2n) is 4.25. The summed E-state index contributed by atoms with van der Waals surface area (Å²) in [6, 6.07) is 3.49. The molecule has 4 heteroatoms. The second kappa shape index (κ2) is 4.97. The van der Waals surface area contributed by atoms with Crippen molar-refractivity contribution >= 4 is 17.3 Å². The third kappa shape index (κ3) is 3.06. The van der Waals surface area contributed by atoms with Crippen LogP contribution in [0.3, 0.4) is 0 Å². The van der Waals surface area contributed by atoms with Gasteiger partial charge in [0.1, 0.15) is 4.88 Å². The van der Waals surface area contributed by atoms with Crippen LogP contribution < -0.4 is 0 Å². The molecule has 1 aliphatic rings. The molecule has 0 radical (unpaired) electrons. The smallest absolute Gasteiger partial charge is 0.348 e. The first-order valence-electron chi connectivity index (χ1n) is 5.61. The van der Waals surface area contributed by atoms with Crippen molar-refractivity contribution in [1.29, 1.82) is 0 Å². The predicted octanol–water partition coefficient (Wildman–Crippen LogP) is 2.76. The number of ether oxygens (including phenoxy) is 1. The van der Waals surface area contributed by atoms with E-state index >= 15 is 0 Å². The molecule has 1 saturated carbocycles. The van der Waals surface area contributed by atoms with Gasteiger partial charge in [-0.2, -0.15) is 0 Å². The van der Waals surface area contributed by atoms with Crippen molar-refractivity contribution in [3.63, 3.8) is 0 Å². The fourth-order valence-corrected chi connectivity index (χ4v) is 2.32. The lowest BCUT2D eigenvalue weighted by atomic mass is 10.3. The maximum atomic E-state index is 11.6. The molecule has 1 unspecified atom stereocenters. The van der Waals surface area contributed by atoms with Crippen molar-refractivity contribution in [2.45, 2.75) is 32.3 Å². The van der Waals surface area contributed by atoms with Crippen molar-refractivity contribution in [3.05, 3.63) is 21.9 Å². The fraction of sp³-hybridized carbons (Fsp3) is 0.583. The molecular formula is C12H16O3S. The van der Waals surface area contributed by atoms with Crippen LogP contribution in [0.4, 0.5) is 0 Å². The first kappa shape index (κ1) is 11.6. The Labute approximate surface area is 99.1 Å². The maximum Gasteiger partial charge on any atom is 0.348 e. The van der Waals surface area contributed by atoms with E-state index < -0.39 is 6.10 Å². The highest BCUT2D eigenvalue weighted by molar-refractivity contribution is 7.14. The Morgan fingerprint density at radius 2 is 2.38 bits per heavy atom. The number of thiophene rings is 1. The van der Waals surface area contributed by atoms with Gasteiger partial charge in [-0.05, 0) is 31.4 Å². The average molecular weight is 240 g/mol. The molecule has 3 nitrogen and oxygen atoms in total. The third-order valence-corrected chi connectivity index (χ3v) is 3.93. The normalized spacial score (nSPS) is 17.1. The SMILES string of the molecule is CC(O)c1ccc(C(=O)OCCC2CC2)s1. The summed E-state index contributed by atoms with van der Waals surface area (Å²) in [5.74, 6) is 0.515. The second-order valence-corrected chi connectivity index (χ2v) is 5.36. The first-order valence-corrected chi connectivity index (χ1v) is 6.43. The fourth-order valence-electron chi connectivity index (χ4n) is 1.48. The number of aliphatic hydroxyl groups is 1. The highest BCUT2D eigenvalue weighted by Gasteiger charge is 2.21. The monoisotopic (exact) mass is 240 g/mol. The van der Waals surface area contributed by atoms with Crippen LogP contribution in [0.1, 0.15) is 46.8 Å². The molecule has 0 aliphatic heterocycles. The van der Waals surface area contributed by atoms with E-state index in [1.165, 1.54) is 24.2 Å². The summed E-state index contributed by atoms with van der Waals surface area (Å²) < 4.78 is 5.16. The van der Waals surface area contributed by atoms with E-state index in [0.717, 1.165) is 17.2 Å². The minimum atomic E-state index is -0.516. The molecule has 2 rings (SSSR count). The zero-order valence-corrected chi connectivity index (χ0v) is 10.1. The number of aliphatic hydroxyl groups excluding tert-OH is 1. The van der Waals surface area contributed by atoms with Crippen molar-refractivity contribution in [3.8, 4) is 0 Å².